The highest BCUT2D eigenvalue weighted by atomic mass is 35.5. The summed E-state index contributed by atoms with van der Waals surface area (Å²) < 4.78 is 28.1. The average molecular weight is 602 g/mol. The number of allylic oxidation sites excluding steroid dienone is 4. The van der Waals surface area contributed by atoms with Gasteiger partial charge in [0.15, 0.2) is 17.6 Å². The van der Waals surface area contributed by atoms with Crippen LogP contribution in [0.2, 0.25) is 0 Å². The number of ketones is 1. The molecule has 3 saturated carbocycles. The van der Waals surface area contributed by atoms with Gasteiger partial charge in [-0.15, -0.1) is 0 Å². The molecule has 0 aliphatic heterocycles. The van der Waals surface area contributed by atoms with Gasteiger partial charge in [0, 0.05) is 16.7 Å². The Kier molecular flexibility index (Phi) is 7.24. The number of hydrogen-bond acceptors (Lipinski definition) is 7. The van der Waals surface area contributed by atoms with Crippen molar-refractivity contribution in [1.29, 1.82) is 0 Å². The van der Waals surface area contributed by atoms with Crippen molar-refractivity contribution < 1.29 is 43.3 Å². The summed E-state index contributed by atoms with van der Waals surface area (Å²) in [5, 5.41) is 21.9. The van der Waals surface area contributed by atoms with Gasteiger partial charge in [-0.1, -0.05) is 65.0 Å². The zero-order chi connectivity index (χ0) is 27.7. The molecule has 8 atom stereocenters. The van der Waals surface area contributed by atoms with E-state index < -0.39 is 80.1 Å². The fourth-order valence-corrected chi connectivity index (χ4v) is 7.51. The first kappa shape index (κ1) is 28.6. The molecule has 0 spiro atoms. The summed E-state index contributed by atoms with van der Waals surface area (Å²) in [4.78, 5) is 46.4. The number of carboxylic acid groups (broad SMARTS) is 1. The Morgan fingerprint density at radius 3 is 2.30 bits per heavy atom. The van der Waals surface area contributed by atoms with Crippen LogP contribution in [0.5, 0.6) is 0 Å². The van der Waals surface area contributed by atoms with Gasteiger partial charge in [-0.2, -0.15) is 0 Å². The fourth-order valence-electron chi connectivity index (χ4n) is 7.32. The summed E-state index contributed by atoms with van der Waals surface area (Å²) in [6.45, 7) is 3.04. The predicted octanol–water partition coefficient (Wildman–Crippen LogP) is 3.85. The lowest BCUT2D eigenvalue weighted by Crippen LogP contribution is -2.70. The highest BCUT2D eigenvalue weighted by Crippen LogP contribution is 2.70. The maximum Gasteiger partial charge on any atom is 0.352 e. The summed E-state index contributed by atoms with van der Waals surface area (Å²) in [5.41, 5.74) is -7.36. The summed E-state index contributed by atoms with van der Waals surface area (Å²) in [5.74, 6) is -6.31. The first-order chi connectivity index (χ1) is 17.1. The lowest BCUT2D eigenvalue weighted by molar-refractivity contribution is -0.239. The SMILES string of the molecule is C[C@]12C=CC(=O)C=C1CC[C@H]1[C@@H]3C[C@@H](OC(=O)C(Cl)Cl)[C@](OC(=O)C(Cl)Cl)(C(=O)O)[C@@]3(C)C[C@H](O)[C@@]12F. The van der Waals surface area contributed by atoms with Gasteiger partial charge >= 0.3 is 17.9 Å². The van der Waals surface area contributed by atoms with Crippen molar-refractivity contribution in [3.05, 3.63) is 23.8 Å². The molecule has 0 bridgehead atoms. The van der Waals surface area contributed by atoms with Crippen molar-refractivity contribution >= 4 is 70.1 Å². The van der Waals surface area contributed by atoms with E-state index in [1.807, 2.05) is 0 Å². The number of rotatable bonds is 5. The van der Waals surface area contributed by atoms with E-state index in [0.717, 1.165) is 0 Å². The summed E-state index contributed by atoms with van der Waals surface area (Å²) >= 11 is 22.6. The van der Waals surface area contributed by atoms with Gasteiger partial charge in [0.05, 0.1) is 6.10 Å². The van der Waals surface area contributed by atoms with Crippen LogP contribution >= 0.6 is 46.4 Å². The second kappa shape index (κ2) is 9.37. The van der Waals surface area contributed by atoms with E-state index in [2.05, 4.69) is 0 Å². The Labute approximate surface area is 232 Å². The zero-order valence-electron chi connectivity index (χ0n) is 19.8. The summed E-state index contributed by atoms with van der Waals surface area (Å²) in [6, 6.07) is 0. The molecule has 37 heavy (non-hydrogen) atoms. The lowest BCUT2D eigenvalue weighted by atomic mass is 9.45. The lowest BCUT2D eigenvalue weighted by Gasteiger charge is -2.62. The van der Waals surface area contributed by atoms with Crippen LogP contribution in [0.4, 0.5) is 4.39 Å². The number of fused-ring (bicyclic) bond motifs is 5. The van der Waals surface area contributed by atoms with Crippen LogP contribution in [0.3, 0.4) is 0 Å². The number of aliphatic hydroxyl groups is 1. The minimum Gasteiger partial charge on any atom is -0.478 e. The standard InChI is InChI=1S/C24H25Cl4FO8/c1-21-6-5-11(30)7-10(21)3-4-12-13-8-15(36-18(32)16(25)26)24(20(34)35,37-19(33)17(27)28)22(13,2)9-14(31)23(12,21)29/h5-7,12-17,31H,3-4,8-9H2,1-2H3,(H,34,35)/t12-,13-,14-,15+,21-,22-,23-,24-/m0/s1. The average Bonchev–Trinajstić information content (AvgIpc) is 3.03. The van der Waals surface area contributed by atoms with Gasteiger partial charge < -0.3 is 19.7 Å². The van der Waals surface area contributed by atoms with E-state index >= 15 is 4.39 Å². The van der Waals surface area contributed by atoms with E-state index in [0.29, 0.717) is 12.0 Å². The van der Waals surface area contributed by atoms with Crippen LogP contribution in [0.25, 0.3) is 0 Å². The van der Waals surface area contributed by atoms with Crippen LogP contribution in [0.1, 0.15) is 39.5 Å². The number of aliphatic hydroxyl groups excluding tert-OH is 1. The first-order valence-electron chi connectivity index (χ1n) is 11.6. The van der Waals surface area contributed by atoms with Crippen molar-refractivity contribution in [2.75, 3.05) is 0 Å². The number of alkyl halides is 5. The zero-order valence-corrected chi connectivity index (χ0v) is 22.8. The molecule has 0 amide bonds. The van der Waals surface area contributed by atoms with E-state index in [9.17, 15) is 29.4 Å². The van der Waals surface area contributed by atoms with Crippen molar-refractivity contribution in [1.82, 2.24) is 0 Å². The second-order valence-corrected chi connectivity index (χ2v) is 12.7. The van der Waals surface area contributed by atoms with E-state index in [1.54, 1.807) is 6.92 Å². The van der Waals surface area contributed by atoms with Crippen LogP contribution in [-0.2, 0) is 28.7 Å². The van der Waals surface area contributed by atoms with Crippen LogP contribution in [0.15, 0.2) is 23.8 Å². The molecule has 0 aromatic rings. The molecule has 4 aliphatic rings. The van der Waals surface area contributed by atoms with E-state index in [-0.39, 0.29) is 18.6 Å². The molecule has 0 radical (unpaired) electrons. The molecule has 204 valence electrons. The maximum atomic E-state index is 17.3. The van der Waals surface area contributed by atoms with Crippen molar-refractivity contribution in [3.8, 4) is 0 Å². The number of carboxylic acids is 1. The number of carbonyl (C=O) groups is 4. The first-order valence-corrected chi connectivity index (χ1v) is 13.3. The minimum atomic E-state index is -2.59. The third-order valence-corrected chi connectivity index (χ3v) is 9.71. The third kappa shape index (κ3) is 3.86. The van der Waals surface area contributed by atoms with Crippen LogP contribution < -0.4 is 0 Å². The molecule has 8 nitrogen and oxygen atoms in total. The highest BCUT2D eigenvalue weighted by molar-refractivity contribution is 6.53. The number of ether oxygens (including phenoxy) is 2. The minimum absolute atomic E-state index is 0.155. The topological polar surface area (TPSA) is 127 Å². The van der Waals surface area contributed by atoms with Gasteiger partial charge in [0.25, 0.3) is 0 Å². The molecule has 13 heteroatoms. The molecule has 2 N–H and O–H groups in total. The Hall–Kier alpha value is -1.39. The highest BCUT2D eigenvalue weighted by Gasteiger charge is 2.79. The number of hydrogen-bond donors (Lipinski definition) is 2. The van der Waals surface area contributed by atoms with Crippen molar-refractivity contribution in [2.45, 2.75) is 72.7 Å². The Morgan fingerprint density at radius 1 is 1.11 bits per heavy atom. The summed E-state index contributed by atoms with van der Waals surface area (Å²) in [6.07, 6.45) is 0.408. The molecular formula is C24H25Cl4FO8. The Balaban J connectivity index is 1.88. The normalized spacial score (nSPS) is 42.5. The molecule has 0 heterocycles. The predicted molar refractivity (Wildman–Crippen MR) is 131 cm³/mol. The number of esters is 2. The van der Waals surface area contributed by atoms with E-state index in [4.69, 9.17) is 55.9 Å². The van der Waals surface area contributed by atoms with Gasteiger partial charge in [-0.05, 0) is 50.7 Å². The van der Waals surface area contributed by atoms with Crippen molar-refractivity contribution in [3.63, 3.8) is 0 Å². The van der Waals surface area contributed by atoms with Gasteiger partial charge in [0.1, 0.15) is 0 Å². The smallest absolute Gasteiger partial charge is 0.352 e. The quantitative estimate of drug-likeness (QED) is 0.359. The van der Waals surface area contributed by atoms with Gasteiger partial charge in [0.2, 0.25) is 15.3 Å². The van der Waals surface area contributed by atoms with Crippen LogP contribution in [0, 0.1) is 22.7 Å². The molecule has 0 aromatic heterocycles. The fraction of sp³-hybridized carbons (Fsp3) is 0.667. The Bertz CT molecular complexity index is 1110. The number of halogens is 5. The molecule has 3 fully saturated rings. The largest absolute Gasteiger partial charge is 0.478 e. The van der Waals surface area contributed by atoms with E-state index in [1.165, 1.54) is 25.2 Å². The van der Waals surface area contributed by atoms with Crippen molar-refractivity contribution in [2.24, 2.45) is 22.7 Å². The Morgan fingerprint density at radius 2 is 1.73 bits per heavy atom. The number of carbonyl (C=O) groups excluding carboxylic acids is 3. The molecule has 4 rings (SSSR count). The molecule has 0 aromatic carbocycles. The van der Waals surface area contributed by atoms with Gasteiger partial charge in [-0.3, -0.25) is 4.79 Å². The molecule has 0 unspecified atom stereocenters. The molecular weight excluding hydrogens is 577 g/mol. The molecule has 4 aliphatic carbocycles. The third-order valence-electron chi connectivity index (χ3n) is 9.00. The maximum absolute atomic E-state index is 17.3. The number of aliphatic carboxylic acids is 1. The second-order valence-electron chi connectivity index (χ2n) is 10.5. The van der Waals surface area contributed by atoms with Gasteiger partial charge in [-0.25, -0.2) is 18.8 Å². The van der Waals surface area contributed by atoms with Crippen LogP contribution in [-0.4, -0.2) is 67.1 Å². The molecule has 0 saturated heterocycles. The monoisotopic (exact) mass is 600 g/mol. The summed E-state index contributed by atoms with van der Waals surface area (Å²) in [7, 11) is 0.